The molecule has 0 aliphatic heterocycles. The predicted molar refractivity (Wildman–Crippen MR) is 68.9 cm³/mol. The summed E-state index contributed by atoms with van der Waals surface area (Å²) >= 11 is 6.84. The molecule has 0 bridgehead atoms. The number of rotatable bonds is 4. The van der Waals surface area contributed by atoms with Gasteiger partial charge in [0.25, 0.3) is 0 Å². The Balaban J connectivity index is 1.90. The van der Waals surface area contributed by atoms with E-state index in [1.807, 2.05) is 18.2 Å². The molecule has 2 aromatic heterocycles. The zero-order valence-corrected chi connectivity index (χ0v) is 11.6. The Morgan fingerprint density at radius 2 is 2.19 bits per heavy atom. The van der Waals surface area contributed by atoms with Crippen LogP contribution in [0.15, 0.2) is 44.0 Å². The average Bonchev–Trinajstić information content (AvgIpc) is 2.74. The first-order valence-electron chi connectivity index (χ1n) is 4.79. The topological polar surface area (TPSA) is 38.1 Å². The molecule has 5 heteroatoms. The highest BCUT2D eigenvalue weighted by Gasteiger charge is 2.02. The molecular formula is C11H10Br2N2O. The first kappa shape index (κ1) is 11.8. The molecule has 0 radical (unpaired) electrons. The number of aromatic nitrogens is 1. The third-order valence-corrected chi connectivity index (χ3v) is 3.18. The van der Waals surface area contributed by atoms with Gasteiger partial charge in [-0.3, -0.25) is 4.98 Å². The van der Waals surface area contributed by atoms with Crippen LogP contribution in [0.2, 0.25) is 0 Å². The Hall–Kier alpha value is -0.650. The van der Waals surface area contributed by atoms with Gasteiger partial charge < -0.3 is 9.73 Å². The molecular weight excluding hydrogens is 336 g/mol. The minimum Gasteiger partial charge on any atom is -0.468 e. The lowest BCUT2D eigenvalue weighted by atomic mass is 10.3. The van der Waals surface area contributed by atoms with Crippen molar-refractivity contribution < 1.29 is 4.42 Å². The number of furan rings is 1. The molecule has 0 atom stereocenters. The van der Waals surface area contributed by atoms with Crippen LogP contribution >= 0.6 is 31.9 Å². The second kappa shape index (κ2) is 5.61. The van der Waals surface area contributed by atoms with Crippen LogP contribution < -0.4 is 5.32 Å². The fourth-order valence-electron chi connectivity index (χ4n) is 1.29. The van der Waals surface area contributed by atoms with Gasteiger partial charge in [-0.2, -0.15) is 0 Å². The van der Waals surface area contributed by atoms with E-state index in [0.29, 0.717) is 13.1 Å². The van der Waals surface area contributed by atoms with Crippen molar-refractivity contribution in [2.45, 2.75) is 13.1 Å². The first-order valence-corrected chi connectivity index (χ1v) is 6.37. The molecule has 0 aliphatic rings. The van der Waals surface area contributed by atoms with Crippen LogP contribution in [-0.2, 0) is 13.1 Å². The van der Waals surface area contributed by atoms with E-state index in [2.05, 4.69) is 42.2 Å². The molecule has 0 saturated carbocycles. The minimum atomic E-state index is 0.703. The van der Waals surface area contributed by atoms with Gasteiger partial charge in [-0.15, -0.1) is 0 Å². The maximum absolute atomic E-state index is 5.22. The normalized spacial score (nSPS) is 10.6. The van der Waals surface area contributed by atoms with Crippen molar-refractivity contribution in [1.82, 2.24) is 10.3 Å². The Morgan fingerprint density at radius 3 is 2.88 bits per heavy atom. The summed E-state index contributed by atoms with van der Waals surface area (Å²) in [6.07, 6.45) is 3.46. The molecule has 0 amide bonds. The van der Waals surface area contributed by atoms with Gasteiger partial charge in [-0.25, -0.2) is 0 Å². The molecule has 0 saturated heterocycles. The summed E-state index contributed by atoms with van der Waals surface area (Å²) in [5, 5.41) is 3.26. The van der Waals surface area contributed by atoms with Crippen molar-refractivity contribution in [2.24, 2.45) is 0 Å². The lowest BCUT2D eigenvalue weighted by molar-refractivity contribution is 0.481. The SMILES string of the molecule is Brc1cnc(CNCc2ccco2)c(Br)c1. The first-order chi connectivity index (χ1) is 7.75. The number of hydrogen-bond acceptors (Lipinski definition) is 3. The van der Waals surface area contributed by atoms with Crippen LogP contribution in [0.3, 0.4) is 0 Å². The highest BCUT2D eigenvalue weighted by molar-refractivity contribution is 9.11. The summed E-state index contributed by atoms with van der Waals surface area (Å²) in [5.74, 6) is 0.924. The van der Waals surface area contributed by atoms with E-state index < -0.39 is 0 Å². The lowest BCUT2D eigenvalue weighted by Crippen LogP contribution is -2.13. The van der Waals surface area contributed by atoms with E-state index in [4.69, 9.17) is 4.42 Å². The lowest BCUT2D eigenvalue weighted by Gasteiger charge is -2.04. The van der Waals surface area contributed by atoms with Gasteiger partial charge in [0.15, 0.2) is 0 Å². The maximum Gasteiger partial charge on any atom is 0.117 e. The van der Waals surface area contributed by atoms with Crippen LogP contribution in [0.5, 0.6) is 0 Å². The highest BCUT2D eigenvalue weighted by atomic mass is 79.9. The highest BCUT2D eigenvalue weighted by Crippen LogP contribution is 2.19. The third-order valence-electron chi connectivity index (χ3n) is 2.06. The standard InChI is InChI=1S/C11H10Br2N2O/c12-8-4-10(13)11(15-5-8)7-14-6-9-2-1-3-16-9/h1-5,14H,6-7H2. The summed E-state index contributed by atoms with van der Waals surface area (Å²) in [5.41, 5.74) is 0.981. The Bertz CT molecular complexity index is 457. The summed E-state index contributed by atoms with van der Waals surface area (Å²) in [6.45, 7) is 1.41. The second-order valence-corrected chi connectivity index (χ2v) is 5.03. The van der Waals surface area contributed by atoms with Crippen LogP contribution in [0.1, 0.15) is 11.5 Å². The molecule has 3 nitrogen and oxygen atoms in total. The summed E-state index contributed by atoms with van der Waals surface area (Å²) < 4.78 is 7.18. The molecule has 0 spiro atoms. The number of hydrogen-bond donors (Lipinski definition) is 1. The molecule has 0 unspecified atom stereocenters. The van der Waals surface area contributed by atoms with Crippen LogP contribution in [-0.4, -0.2) is 4.98 Å². The Kier molecular flexibility index (Phi) is 4.15. The van der Waals surface area contributed by atoms with Crippen LogP contribution in [0, 0.1) is 0 Å². The van der Waals surface area contributed by atoms with Crippen LogP contribution in [0.4, 0.5) is 0 Å². The predicted octanol–water partition coefficient (Wildman–Crippen LogP) is 3.49. The van der Waals surface area contributed by atoms with Gasteiger partial charge in [0, 0.05) is 21.7 Å². The molecule has 2 heterocycles. The third kappa shape index (κ3) is 3.17. The van der Waals surface area contributed by atoms with Crippen LogP contribution in [0.25, 0.3) is 0 Å². The molecule has 1 N–H and O–H groups in total. The van der Waals surface area contributed by atoms with E-state index in [9.17, 15) is 0 Å². The summed E-state index contributed by atoms with van der Waals surface area (Å²) in [7, 11) is 0. The molecule has 2 aromatic rings. The second-order valence-electron chi connectivity index (χ2n) is 3.26. The number of nitrogens with one attached hydrogen (secondary N) is 1. The molecule has 0 fully saturated rings. The number of halogens is 2. The van der Waals surface area contributed by atoms with E-state index >= 15 is 0 Å². The monoisotopic (exact) mass is 344 g/mol. The molecule has 84 valence electrons. The molecule has 16 heavy (non-hydrogen) atoms. The minimum absolute atomic E-state index is 0.703. The molecule has 0 aliphatic carbocycles. The van der Waals surface area contributed by atoms with Crippen molar-refractivity contribution in [3.8, 4) is 0 Å². The molecule has 0 aromatic carbocycles. The number of pyridine rings is 1. The van der Waals surface area contributed by atoms with E-state index in [0.717, 1.165) is 20.4 Å². The Morgan fingerprint density at radius 1 is 1.31 bits per heavy atom. The zero-order valence-electron chi connectivity index (χ0n) is 8.41. The number of nitrogens with zero attached hydrogens (tertiary/aromatic N) is 1. The van der Waals surface area contributed by atoms with Crippen molar-refractivity contribution in [3.05, 3.63) is 51.1 Å². The van der Waals surface area contributed by atoms with Gasteiger partial charge >= 0.3 is 0 Å². The fraction of sp³-hybridized carbons (Fsp3) is 0.182. The average molecular weight is 346 g/mol. The quantitative estimate of drug-likeness (QED) is 0.921. The van der Waals surface area contributed by atoms with Gasteiger partial charge in [-0.05, 0) is 50.1 Å². The van der Waals surface area contributed by atoms with Crippen molar-refractivity contribution in [3.63, 3.8) is 0 Å². The molecule has 2 rings (SSSR count). The van der Waals surface area contributed by atoms with Gasteiger partial charge in [-0.1, -0.05) is 0 Å². The summed E-state index contributed by atoms with van der Waals surface area (Å²) in [4.78, 5) is 4.31. The van der Waals surface area contributed by atoms with Crippen molar-refractivity contribution in [1.29, 1.82) is 0 Å². The van der Waals surface area contributed by atoms with Crippen molar-refractivity contribution in [2.75, 3.05) is 0 Å². The smallest absolute Gasteiger partial charge is 0.117 e. The van der Waals surface area contributed by atoms with Crippen molar-refractivity contribution >= 4 is 31.9 Å². The van der Waals surface area contributed by atoms with Gasteiger partial charge in [0.2, 0.25) is 0 Å². The largest absolute Gasteiger partial charge is 0.468 e. The summed E-state index contributed by atoms with van der Waals surface area (Å²) in [6, 6.07) is 5.80. The van der Waals surface area contributed by atoms with E-state index in [1.165, 1.54) is 0 Å². The fourth-order valence-corrected chi connectivity index (χ4v) is 2.42. The van der Waals surface area contributed by atoms with E-state index in [1.54, 1.807) is 12.5 Å². The van der Waals surface area contributed by atoms with Gasteiger partial charge in [0.1, 0.15) is 5.76 Å². The maximum atomic E-state index is 5.22. The zero-order chi connectivity index (χ0) is 11.4. The van der Waals surface area contributed by atoms with Gasteiger partial charge in [0.05, 0.1) is 18.5 Å². The Labute approximate surface area is 111 Å². The van der Waals surface area contributed by atoms with E-state index in [-0.39, 0.29) is 0 Å².